The largest absolute Gasteiger partial charge is 0.416 e. The van der Waals surface area contributed by atoms with Gasteiger partial charge in [-0.15, -0.1) is 0 Å². The second-order valence-electron chi connectivity index (χ2n) is 11.2. The van der Waals surface area contributed by atoms with Gasteiger partial charge in [0.1, 0.15) is 0 Å². The standard InChI is InChI=1S/C35H32F3NO2S/c1-24-10-11-29(23-33-31-8-4-2-6-27(31)12-13-28-7-3-5-9-32(28)33)34(22-24)42(40,41)39-20-18-26(19-21-39)25-14-16-30(17-15-25)35(36,37)38/h2-11,14-17,22-23,26H,12-13,18-21H2,1H3. The Hall–Kier alpha value is -3.68. The summed E-state index contributed by atoms with van der Waals surface area (Å²) < 4.78 is 68.8. The van der Waals surface area contributed by atoms with E-state index in [1.54, 1.807) is 6.07 Å². The number of nitrogens with zero attached hydrogens (tertiary/aromatic N) is 1. The molecule has 0 radical (unpaired) electrons. The van der Waals surface area contributed by atoms with E-state index < -0.39 is 21.8 Å². The van der Waals surface area contributed by atoms with Crippen molar-refractivity contribution in [1.82, 2.24) is 4.31 Å². The molecule has 4 aromatic rings. The molecule has 1 saturated heterocycles. The monoisotopic (exact) mass is 587 g/mol. The van der Waals surface area contributed by atoms with Crippen LogP contribution in [0.3, 0.4) is 0 Å². The maximum Gasteiger partial charge on any atom is 0.416 e. The minimum absolute atomic E-state index is 0.0109. The normalized spacial score (nSPS) is 16.4. The highest BCUT2D eigenvalue weighted by Crippen LogP contribution is 2.38. The first-order valence-electron chi connectivity index (χ1n) is 14.3. The van der Waals surface area contributed by atoms with Gasteiger partial charge in [-0.3, -0.25) is 0 Å². The Morgan fingerprint density at radius 3 is 1.93 bits per heavy atom. The molecule has 3 nitrogen and oxygen atoms in total. The number of alkyl halides is 3. The molecule has 0 amide bonds. The van der Waals surface area contributed by atoms with Crippen LogP contribution in [0.2, 0.25) is 0 Å². The summed E-state index contributed by atoms with van der Waals surface area (Å²) in [6.45, 7) is 2.51. The quantitative estimate of drug-likeness (QED) is 0.241. The van der Waals surface area contributed by atoms with Crippen LogP contribution >= 0.6 is 0 Å². The summed E-state index contributed by atoms with van der Waals surface area (Å²) in [5.41, 5.74) is 7.36. The average Bonchev–Trinajstić information content (AvgIpc) is 3.15. The van der Waals surface area contributed by atoms with Crippen LogP contribution < -0.4 is 0 Å². The van der Waals surface area contributed by atoms with Crippen LogP contribution in [0.4, 0.5) is 13.2 Å². The fourth-order valence-corrected chi connectivity index (χ4v) is 7.95. The number of fused-ring (bicyclic) bond motifs is 2. The van der Waals surface area contributed by atoms with Crippen LogP contribution in [0.15, 0.2) is 95.9 Å². The summed E-state index contributed by atoms with van der Waals surface area (Å²) in [5.74, 6) is 0.0109. The lowest BCUT2D eigenvalue weighted by Crippen LogP contribution is -2.38. The van der Waals surface area contributed by atoms with Crippen molar-refractivity contribution in [2.24, 2.45) is 0 Å². The van der Waals surface area contributed by atoms with Crippen molar-refractivity contribution in [3.8, 4) is 0 Å². The Kier molecular flexibility index (Phi) is 7.58. The highest BCUT2D eigenvalue weighted by molar-refractivity contribution is 7.89. The van der Waals surface area contributed by atoms with Gasteiger partial charge in [0, 0.05) is 13.1 Å². The number of piperidine rings is 1. The van der Waals surface area contributed by atoms with E-state index in [0.717, 1.165) is 52.8 Å². The molecule has 6 rings (SSSR count). The topological polar surface area (TPSA) is 37.4 Å². The number of aryl methyl sites for hydroxylation is 3. The zero-order valence-corrected chi connectivity index (χ0v) is 24.2. The first-order chi connectivity index (χ1) is 20.1. The lowest BCUT2D eigenvalue weighted by atomic mass is 9.90. The zero-order valence-electron chi connectivity index (χ0n) is 23.4. The van der Waals surface area contributed by atoms with Crippen LogP contribution in [0, 0.1) is 6.92 Å². The molecule has 0 aromatic heterocycles. The Balaban J connectivity index is 1.33. The third-order valence-electron chi connectivity index (χ3n) is 8.53. The SMILES string of the molecule is Cc1ccc(C=C2c3ccccc3CCc3ccccc32)c(S(=O)(=O)N2CCC(c3ccc(C(F)(F)F)cc3)CC2)c1. The molecule has 1 heterocycles. The smallest absolute Gasteiger partial charge is 0.207 e. The second-order valence-corrected chi connectivity index (χ2v) is 13.1. The van der Waals surface area contributed by atoms with E-state index in [4.69, 9.17) is 0 Å². The highest BCUT2D eigenvalue weighted by Gasteiger charge is 2.33. The highest BCUT2D eigenvalue weighted by atomic mass is 32.2. The van der Waals surface area contributed by atoms with Crippen molar-refractivity contribution in [3.05, 3.63) is 136 Å². The lowest BCUT2D eigenvalue weighted by molar-refractivity contribution is -0.137. The molecule has 0 spiro atoms. The summed E-state index contributed by atoms with van der Waals surface area (Å²) >= 11 is 0. The van der Waals surface area contributed by atoms with E-state index >= 15 is 0 Å². The summed E-state index contributed by atoms with van der Waals surface area (Å²) in [4.78, 5) is 0.280. The van der Waals surface area contributed by atoms with Gasteiger partial charge in [-0.05, 0) is 107 Å². The van der Waals surface area contributed by atoms with E-state index in [9.17, 15) is 21.6 Å². The number of rotatable bonds is 4. The molecular formula is C35H32F3NO2S. The molecule has 0 unspecified atom stereocenters. The van der Waals surface area contributed by atoms with Crippen LogP contribution in [0.5, 0.6) is 0 Å². The molecule has 0 bridgehead atoms. The van der Waals surface area contributed by atoms with Crippen LogP contribution in [-0.2, 0) is 29.0 Å². The molecule has 4 aromatic carbocycles. The number of benzene rings is 4. The number of hydrogen-bond acceptors (Lipinski definition) is 2. The van der Waals surface area contributed by atoms with Gasteiger partial charge in [-0.25, -0.2) is 8.42 Å². The predicted molar refractivity (Wildman–Crippen MR) is 161 cm³/mol. The fourth-order valence-electron chi connectivity index (χ4n) is 6.22. The molecule has 0 saturated carbocycles. The van der Waals surface area contributed by atoms with E-state index in [-0.39, 0.29) is 10.8 Å². The Labute approximate surface area is 245 Å². The van der Waals surface area contributed by atoms with Gasteiger partial charge in [0.2, 0.25) is 10.0 Å². The number of sulfonamides is 1. The van der Waals surface area contributed by atoms with E-state index in [1.165, 1.54) is 27.6 Å². The van der Waals surface area contributed by atoms with Crippen molar-refractivity contribution < 1.29 is 21.6 Å². The minimum Gasteiger partial charge on any atom is -0.207 e. The van der Waals surface area contributed by atoms with Crippen molar-refractivity contribution in [3.63, 3.8) is 0 Å². The first-order valence-corrected chi connectivity index (χ1v) is 15.7. The third-order valence-corrected chi connectivity index (χ3v) is 10.5. The zero-order chi connectivity index (χ0) is 29.5. The lowest BCUT2D eigenvalue weighted by Gasteiger charge is -2.32. The molecule has 7 heteroatoms. The molecule has 216 valence electrons. The Morgan fingerprint density at radius 1 is 0.786 bits per heavy atom. The average molecular weight is 588 g/mol. The predicted octanol–water partition coefficient (Wildman–Crippen LogP) is 8.27. The van der Waals surface area contributed by atoms with E-state index in [1.807, 2.05) is 49.4 Å². The van der Waals surface area contributed by atoms with Gasteiger partial charge in [0.05, 0.1) is 10.5 Å². The fraction of sp³-hybridized carbons (Fsp3) is 0.257. The first kappa shape index (κ1) is 28.4. The van der Waals surface area contributed by atoms with Gasteiger partial charge in [0.15, 0.2) is 0 Å². The maximum absolute atomic E-state index is 14.1. The minimum atomic E-state index is -4.38. The van der Waals surface area contributed by atoms with Crippen molar-refractivity contribution >= 4 is 21.7 Å². The molecule has 1 fully saturated rings. The molecule has 2 aliphatic rings. The Morgan fingerprint density at radius 2 is 1.36 bits per heavy atom. The molecular weight excluding hydrogens is 555 g/mol. The van der Waals surface area contributed by atoms with Gasteiger partial charge in [-0.2, -0.15) is 17.5 Å². The molecule has 1 aliphatic heterocycles. The van der Waals surface area contributed by atoms with E-state index in [0.29, 0.717) is 31.5 Å². The van der Waals surface area contributed by atoms with Crippen molar-refractivity contribution in [2.75, 3.05) is 13.1 Å². The Bertz CT molecular complexity index is 1700. The molecule has 0 N–H and O–H groups in total. The summed E-state index contributed by atoms with van der Waals surface area (Å²) in [6.07, 6.45) is 0.568. The van der Waals surface area contributed by atoms with Gasteiger partial charge < -0.3 is 0 Å². The van der Waals surface area contributed by atoms with Crippen LogP contribution in [-0.4, -0.2) is 25.8 Å². The number of hydrogen-bond donors (Lipinski definition) is 0. The van der Waals surface area contributed by atoms with Gasteiger partial charge in [0.25, 0.3) is 0 Å². The molecule has 1 aliphatic carbocycles. The van der Waals surface area contributed by atoms with E-state index in [2.05, 4.69) is 24.3 Å². The third kappa shape index (κ3) is 5.55. The summed E-state index contributed by atoms with van der Waals surface area (Å²) in [7, 11) is -3.82. The number of halogens is 3. The summed E-state index contributed by atoms with van der Waals surface area (Å²) in [6, 6.07) is 27.5. The van der Waals surface area contributed by atoms with Crippen LogP contribution in [0.1, 0.15) is 63.3 Å². The van der Waals surface area contributed by atoms with Crippen LogP contribution in [0.25, 0.3) is 11.6 Å². The van der Waals surface area contributed by atoms with Gasteiger partial charge in [-0.1, -0.05) is 72.8 Å². The second kappa shape index (κ2) is 11.2. The molecule has 0 atom stereocenters. The van der Waals surface area contributed by atoms with Gasteiger partial charge >= 0.3 is 6.18 Å². The van der Waals surface area contributed by atoms with Crippen molar-refractivity contribution in [1.29, 1.82) is 0 Å². The molecule has 42 heavy (non-hydrogen) atoms. The maximum atomic E-state index is 14.1. The summed E-state index contributed by atoms with van der Waals surface area (Å²) in [5, 5.41) is 0. The van der Waals surface area contributed by atoms with Crippen molar-refractivity contribution in [2.45, 2.75) is 49.6 Å².